The van der Waals surface area contributed by atoms with Gasteiger partial charge in [-0.2, -0.15) is 13.2 Å². The first kappa shape index (κ1) is 19.5. The molecule has 11 heteroatoms. The number of benzene rings is 2. The summed E-state index contributed by atoms with van der Waals surface area (Å²) in [6, 6.07) is 10.2. The third-order valence-electron chi connectivity index (χ3n) is 3.55. The summed E-state index contributed by atoms with van der Waals surface area (Å²) in [4.78, 5) is 27.1. The molecule has 0 unspecified atom stereocenters. The number of fused-ring (bicyclic) bond motifs is 1. The van der Waals surface area contributed by atoms with Crippen LogP contribution in [0.3, 0.4) is 0 Å². The van der Waals surface area contributed by atoms with Gasteiger partial charge in [0.1, 0.15) is 16.3 Å². The van der Waals surface area contributed by atoms with Gasteiger partial charge >= 0.3 is 6.18 Å². The van der Waals surface area contributed by atoms with Crippen LogP contribution in [0, 0.1) is 10.1 Å². The zero-order chi connectivity index (χ0) is 20.3. The summed E-state index contributed by atoms with van der Waals surface area (Å²) < 4.78 is 42.3. The normalized spacial score (nSPS) is 11.4. The van der Waals surface area contributed by atoms with E-state index in [0.717, 1.165) is 28.4 Å². The Kier molecular flexibility index (Phi) is 5.45. The number of nitrogens with zero attached hydrogens (tertiary/aromatic N) is 2. The van der Waals surface area contributed by atoms with Crippen LogP contribution in [0.4, 0.5) is 18.9 Å². The summed E-state index contributed by atoms with van der Waals surface area (Å²) in [5, 5.41) is 14.2. The van der Waals surface area contributed by atoms with Crippen molar-refractivity contribution in [3.63, 3.8) is 0 Å². The lowest BCUT2D eigenvalue weighted by Crippen LogP contribution is -2.24. The molecule has 0 saturated carbocycles. The molecule has 7 nitrogen and oxygen atoms in total. The maximum atomic E-state index is 12.4. The quantitative estimate of drug-likeness (QED) is 0.487. The largest absolute Gasteiger partial charge is 0.484 e. The van der Waals surface area contributed by atoms with Crippen LogP contribution >= 0.6 is 11.3 Å². The fourth-order valence-electron chi connectivity index (χ4n) is 2.36. The fraction of sp³-hybridized carbons (Fsp3) is 0.176. The molecule has 0 fully saturated rings. The molecule has 0 bridgehead atoms. The Morgan fingerprint density at radius 3 is 2.68 bits per heavy atom. The summed E-state index contributed by atoms with van der Waals surface area (Å²) in [7, 11) is 0. The van der Waals surface area contributed by atoms with Crippen molar-refractivity contribution in [2.45, 2.75) is 12.7 Å². The fourth-order valence-corrected chi connectivity index (χ4v) is 3.26. The minimum absolute atomic E-state index is 0.0168. The summed E-state index contributed by atoms with van der Waals surface area (Å²) in [5.41, 5.74) is -0.183. The zero-order valence-electron chi connectivity index (χ0n) is 14.0. The van der Waals surface area contributed by atoms with Crippen LogP contribution in [-0.4, -0.2) is 28.6 Å². The number of alkyl halides is 3. The SMILES string of the molecule is O=C(NCc1nc2ccccc2s1)c1cc(OCC(F)(F)F)ccc1[N+](=O)[O-]. The van der Waals surface area contributed by atoms with Crippen LogP contribution in [0.1, 0.15) is 15.4 Å². The van der Waals surface area contributed by atoms with E-state index in [1.807, 2.05) is 24.3 Å². The number of nitro benzene ring substituents is 1. The Hall–Kier alpha value is -3.21. The van der Waals surface area contributed by atoms with E-state index >= 15 is 0 Å². The van der Waals surface area contributed by atoms with Crippen molar-refractivity contribution in [1.82, 2.24) is 10.3 Å². The van der Waals surface area contributed by atoms with Crippen LogP contribution in [0.15, 0.2) is 42.5 Å². The number of carbonyl (C=O) groups is 1. The van der Waals surface area contributed by atoms with Crippen molar-refractivity contribution in [3.05, 3.63) is 63.1 Å². The Bertz CT molecular complexity index is 1000. The Morgan fingerprint density at radius 1 is 1.25 bits per heavy atom. The third kappa shape index (κ3) is 4.74. The second kappa shape index (κ2) is 7.80. The Balaban J connectivity index is 1.77. The van der Waals surface area contributed by atoms with Crippen molar-refractivity contribution in [3.8, 4) is 5.75 Å². The molecular formula is C17H12F3N3O4S. The van der Waals surface area contributed by atoms with Gasteiger partial charge in [-0.1, -0.05) is 12.1 Å². The highest BCUT2D eigenvalue weighted by molar-refractivity contribution is 7.18. The molecule has 1 N–H and O–H groups in total. The summed E-state index contributed by atoms with van der Waals surface area (Å²) >= 11 is 1.35. The molecule has 3 rings (SSSR count). The summed E-state index contributed by atoms with van der Waals surface area (Å²) in [5.74, 6) is -1.11. The Morgan fingerprint density at radius 2 is 2.00 bits per heavy atom. The number of ether oxygens (including phenoxy) is 1. The maximum Gasteiger partial charge on any atom is 0.422 e. The molecule has 28 heavy (non-hydrogen) atoms. The number of halogens is 3. The Labute approximate surface area is 159 Å². The number of thiazole rings is 1. The highest BCUT2D eigenvalue weighted by Crippen LogP contribution is 2.26. The van der Waals surface area contributed by atoms with Gasteiger partial charge in [0.25, 0.3) is 11.6 Å². The van der Waals surface area contributed by atoms with Crippen LogP contribution < -0.4 is 10.1 Å². The van der Waals surface area contributed by atoms with Crippen LogP contribution in [-0.2, 0) is 6.54 Å². The van der Waals surface area contributed by atoms with Gasteiger partial charge in [-0.3, -0.25) is 14.9 Å². The van der Waals surface area contributed by atoms with E-state index in [-0.39, 0.29) is 12.3 Å². The number of rotatable bonds is 6. The highest BCUT2D eigenvalue weighted by atomic mass is 32.1. The lowest BCUT2D eigenvalue weighted by molar-refractivity contribution is -0.385. The van der Waals surface area contributed by atoms with E-state index in [1.54, 1.807) is 0 Å². The van der Waals surface area contributed by atoms with Gasteiger partial charge in [-0.05, 0) is 24.3 Å². The van der Waals surface area contributed by atoms with E-state index in [0.29, 0.717) is 5.01 Å². The van der Waals surface area contributed by atoms with Crippen molar-refractivity contribution in [1.29, 1.82) is 0 Å². The summed E-state index contributed by atoms with van der Waals surface area (Å²) in [6.45, 7) is -1.56. The van der Waals surface area contributed by atoms with Gasteiger partial charge < -0.3 is 10.1 Å². The first-order valence-corrected chi connectivity index (χ1v) is 8.65. The van der Waals surface area contributed by atoms with Crippen LogP contribution in [0.25, 0.3) is 10.2 Å². The highest BCUT2D eigenvalue weighted by Gasteiger charge is 2.29. The lowest BCUT2D eigenvalue weighted by Gasteiger charge is -2.10. The third-order valence-corrected chi connectivity index (χ3v) is 4.59. The molecule has 0 aliphatic rings. The first-order chi connectivity index (χ1) is 13.2. The second-order valence-electron chi connectivity index (χ2n) is 5.60. The number of amides is 1. The monoisotopic (exact) mass is 411 g/mol. The topological polar surface area (TPSA) is 94.4 Å². The molecule has 0 aliphatic heterocycles. The van der Waals surface area contributed by atoms with Gasteiger partial charge in [-0.25, -0.2) is 4.98 Å². The number of hydrogen-bond acceptors (Lipinski definition) is 6. The molecule has 3 aromatic rings. The molecule has 0 spiro atoms. The number of carbonyl (C=O) groups excluding carboxylic acids is 1. The smallest absolute Gasteiger partial charge is 0.422 e. The van der Waals surface area contributed by atoms with Crippen molar-refractivity contribution in [2.75, 3.05) is 6.61 Å². The molecule has 1 amide bonds. The second-order valence-corrected chi connectivity index (χ2v) is 6.71. The molecule has 1 heterocycles. The first-order valence-electron chi connectivity index (χ1n) is 7.83. The number of aromatic nitrogens is 1. The molecular weight excluding hydrogens is 399 g/mol. The molecule has 1 aromatic heterocycles. The van der Waals surface area contributed by atoms with Gasteiger partial charge in [-0.15, -0.1) is 11.3 Å². The molecule has 0 saturated heterocycles. The predicted octanol–water partition coefficient (Wildman–Crippen LogP) is 4.08. The number of nitro groups is 1. The number of nitrogens with one attached hydrogen (secondary N) is 1. The van der Waals surface area contributed by atoms with E-state index < -0.39 is 34.9 Å². The predicted molar refractivity (Wildman–Crippen MR) is 95.4 cm³/mol. The minimum atomic E-state index is -4.57. The van der Waals surface area contributed by atoms with E-state index in [1.165, 1.54) is 11.3 Å². The van der Waals surface area contributed by atoms with Crippen molar-refractivity contribution >= 4 is 33.1 Å². The molecule has 0 radical (unpaired) electrons. The summed E-state index contributed by atoms with van der Waals surface area (Å²) in [6.07, 6.45) is -4.57. The van der Waals surface area contributed by atoms with Crippen molar-refractivity contribution < 1.29 is 27.6 Å². The van der Waals surface area contributed by atoms with Gasteiger partial charge in [0.05, 0.1) is 21.7 Å². The molecule has 0 aliphatic carbocycles. The van der Waals surface area contributed by atoms with Crippen LogP contribution in [0.5, 0.6) is 5.75 Å². The van der Waals surface area contributed by atoms with Gasteiger partial charge in [0.15, 0.2) is 6.61 Å². The molecule has 0 atom stereocenters. The maximum absolute atomic E-state index is 12.4. The minimum Gasteiger partial charge on any atom is -0.484 e. The zero-order valence-corrected chi connectivity index (χ0v) is 14.8. The van der Waals surface area contributed by atoms with Gasteiger partial charge in [0.2, 0.25) is 0 Å². The van der Waals surface area contributed by atoms with E-state index in [2.05, 4.69) is 15.0 Å². The van der Waals surface area contributed by atoms with E-state index in [4.69, 9.17) is 0 Å². The van der Waals surface area contributed by atoms with Crippen LogP contribution in [0.2, 0.25) is 0 Å². The molecule has 2 aromatic carbocycles. The average Bonchev–Trinajstić information content (AvgIpc) is 3.06. The van der Waals surface area contributed by atoms with Gasteiger partial charge in [0, 0.05) is 6.07 Å². The van der Waals surface area contributed by atoms with Crippen molar-refractivity contribution in [2.24, 2.45) is 0 Å². The average molecular weight is 411 g/mol. The number of para-hydroxylation sites is 1. The number of hydrogen-bond donors (Lipinski definition) is 1. The molecule has 146 valence electrons. The standard InChI is InChI=1S/C17H12F3N3O4S/c18-17(19,20)9-27-10-5-6-13(23(25)26)11(7-10)16(24)21-8-15-22-12-3-1-2-4-14(12)28-15/h1-7H,8-9H2,(H,21,24). The van der Waals surface area contributed by atoms with E-state index in [9.17, 15) is 28.1 Å². The lowest BCUT2D eigenvalue weighted by atomic mass is 10.1.